The fourth-order valence-electron chi connectivity index (χ4n) is 3.59. The van der Waals surface area contributed by atoms with Gasteiger partial charge >= 0.3 is 5.97 Å². The van der Waals surface area contributed by atoms with E-state index in [1.807, 2.05) is 12.1 Å². The molecule has 1 aromatic carbocycles. The number of carbonyl (C=O) groups excluding carboxylic acids is 1. The Kier molecular flexibility index (Phi) is 10.1. The number of hydrogen-bond acceptors (Lipinski definition) is 3. The zero-order valence-electron chi connectivity index (χ0n) is 16.2. The van der Waals surface area contributed by atoms with E-state index in [9.17, 15) is 4.79 Å². The van der Waals surface area contributed by atoms with E-state index in [-0.39, 0.29) is 5.97 Å². The summed E-state index contributed by atoms with van der Waals surface area (Å²) >= 11 is 5.96. The lowest BCUT2D eigenvalue weighted by Gasteiger charge is -2.31. The summed E-state index contributed by atoms with van der Waals surface area (Å²) in [5, 5.41) is 0.791. The summed E-state index contributed by atoms with van der Waals surface area (Å²) in [4.78, 5) is 14.1. The first-order chi connectivity index (χ1) is 12.7. The van der Waals surface area contributed by atoms with Crippen LogP contribution in [0.15, 0.2) is 24.3 Å². The molecule has 1 aliphatic heterocycles. The maximum atomic E-state index is 11.9. The molecule has 0 atom stereocenters. The van der Waals surface area contributed by atoms with Crippen LogP contribution in [0.4, 0.5) is 0 Å². The lowest BCUT2D eigenvalue weighted by Crippen LogP contribution is -2.35. The van der Waals surface area contributed by atoms with Gasteiger partial charge in [0.05, 0.1) is 0 Å². The van der Waals surface area contributed by atoms with Gasteiger partial charge in [0.2, 0.25) is 0 Å². The molecule has 0 amide bonds. The van der Waals surface area contributed by atoms with Crippen LogP contribution in [-0.4, -0.2) is 30.7 Å². The Morgan fingerprint density at radius 3 is 2.31 bits per heavy atom. The highest BCUT2D eigenvalue weighted by Gasteiger charge is 2.21. The van der Waals surface area contributed by atoms with Gasteiger partial charge in [-0.2, -0.15) is 0 Å². The molecule has 1 fully saturated rings. The smallest absolute Gasteiger partial charge is 0.307 e. The summed E-state index contributed by atoms with van der Waals surface area (Å²) in [7, 11) is 0. The van der Waals surface area contributed by atoms with Crippen LogP contribution in [0.3, 0.4) is 0 Å². The standard InChI is InChI=1S/C22H34ClNO2/c1-2-3-4-5-6-7-8-9-22(25)26-18-24-16-14-20(15-17-24)19-10-12-21(23)13-11-19/h10-13,20H,2-9,14-18H2,1H3. The van der Waals surface area contributed by atoms with Crippen LogP contribution in [0.25, 0.3) is 0 Å². The van der Waals surface area contributed by atoms with Crippen molar-refractivity contribution in [1.82, 2.24) is 4.90 Å². The number of rotatable bonds is 11. The van der Waals surface area contributed by atoms with E-state index >= 15 is 0 Å². The lowest BCUT2D eigenvalue weighted by molar-refractivity contribution is -0.149. The van der Waals surface area contributed by atoms with Gasteiger partial charge in [-0.05, 0) is 42.9 Å². The monoisotopic (exact) mass is 379 g/mol. The second-order valence-corrected chi connectivity index (χ2v) is 7.90. The largest absolute Gasteiger partial charge is 0.449 e. The van der Waals surface area contributed by atoms with E-state index in [4.69, 9.17) is 16.3 Å². The van der Waals surface area contributed by atoms with Crippen LogP contribution in [-0.2, 0) is 9.53 Å². The molecule has 0 spiro atoms. The van der Waals surface area contributed by atoms with Crippen LogP contribution in [0.2, 0.25) is 5.02 Å². The Hall–Kier alpha value is -1.06. The summed E-state index contributed by atoms with van der Waals surface area (Å²) < 4.78 is 5.45. The van der Waals surface area contributed by atoms with Crippen molar-refractivity contribution >= 4 is 17.6 Å². The number of benzene rings is 1. The number of unbranched alkanes of at least 4 members (excludes halogenated alkanes) is 6. The molecule has 0 N–H and O–H groups in total. The van der Waals surface area contributed by atoms with Gasteiger partial charge in [-0.25, -0.2) is 0 Å². The highest BCUT2D eigenvalue weighted by Crippen LogP contribution is 2.28. The second kappa shape index (κ2) is 12.3. The molecule has 0 unspecified atom stereocenters. The van der Waals surface area contributed by atoms with Gasteiger partial charge in [-0.1, -0.05) is 69.2 Å². The summed E-state index contributed by atoms with van der Waals surface area (Å²) in [5.74, 6) is 0.547. The number of esters is 1. The molecule has 0 aliphatic carbocycles. The maximum Gasteiger partial charge on any atom is 0.307 e. The Balaban J connectivity index is 1.52. The van der Waals surface area contributed by atoms with Crippen molar-refractivity contribution in [3.8, 4) is 0 Å². The summed E-state index contributed by atoms with van der Waals surface area (Å²) in [6, 6.07) is 8.19. The molecule has 2 rings (SSSR count). The van der Waals surface area contributed by atoms with Crippen LogP contribution >= 0.6 is 11.6 Å². The van der Waals surface area contributed by atoms with Crippen LogP contribution in [0.1, 0.15) is 82.6 Å². The molecule has 146 valence electrons. The minimum absolute atomic E-state index is 0.0432. The van der Waals surface area contributed by atoms with E-state index in [1.165, 1.54) is 37.7 Å². The molecule has 26 heavy (non-hydrogen) atoms. The highest BCUT2D eigenvalue weighted by molar-refractivity contribution is 6.30. The molecule has 0 radical (unpaired) electrons. The lowest BCUT2D eigenvalue weighted by atomic mass is 9.90. The van der Waals surface area contributed by atoms with E-state index in [2.05, 4.69) is 24.0 Å². The van der Waals surface area contributed by atoms with Crippen molar-refractivity contribution < 1.29 is 9.53 Å². The average Bonchev–Trinajstić information content (AvgIpc) is 2.67. The predicted molar refractivity (Wildman–Crippen MR) is 109 cm³/mol. The van der Waals surface area contributed by atoms with E-state index in [0.29, 0.717) is 19.1 Å². The normalized spacial score (nSPS) is 15.9. The van der Waals surface area contributed by atoms with Gasteiger partial charge in [-0.15, -0.1) is 0 Å². The van der Waals surface area contributed by atoms with Crippen LogP contribution in [0.5, 0.6) is 0 Å². The number of piperidine rings is 1. The first-order valence-electron chi connectivity index (χ1n) is 10.3. The van der Waals surface area contributed by atoms with Crippen molar-refractivity contribution in [2.75, 3.05) is 19.8 Å². The van der Waals surface area contributed by atoms with Gasteiger partial charge in [0.25, 0.3) is 0 Å². The van der Waals surface area contributed by atoms with Gasteiger partial charge in [0.1, 0.15) is 6.73 Å². The van der Waals surface area contributed by atoms with E-state index < -0.39 is 0 Å². The number of ether oxygens (including phenoxy) is 1. The molecule has 3 nitrogen and oxygen atoms in total. The first-order valence-corrected chi connectivity index (χ1v) is 10.7. The van der Waals surface area contributed by atoms with Crippen LogP contribution in [0, 0.1) is 0 Å². The maximum absolute atomic E-state index is 11.9. The quantitative estimate of drug-likeness (QED) is 0.340. The zero-order chi connectivity index (χ0) is 18.6. The third kappa shape index (κ3) is 8.09. The van der Waals surface area contributed by atoms with E-state index in [1.54, 1.807) is 0 Å². The minimum Gasteiger partial charge on any atom is -0.449 e. The molecule has 0 saturated carbocycles. The Labute approximate surface area is 164 Å². The fraction of sp³-hybridized carbons (Fsp3) is 0.682. The molecule has 1 saturated heterocycles. The van der Waals surface area contributed by atoms with Crippen molar-refractivity contribution in [2.45, 2.75) is 77.0 Å². The molecule has 0 bridgehead atoms. The molecule has 1 heterocycles. The third-order valence-corrected chi connectivity index (χ3v) is 5.57. The fourth-order valence-corrected chi connectivity index (χ4v) is 3.72. The van der Waals surface area contributed by atoms with Crippen molar-refractivity contribution in [1.29, 1.82) is 0 Å². The minimum atomic E-state index is -0.0432. The molecular weight excluding hydrogens is 346 g/mol. The number of likely N-dealkylation sites (tertiary alicyclic amines) is 1. The second-order valence-electron chi connectivity index (χ2n) is 7.46. The zero-order valence-corrected chi connectivity index (χ0v) is 17.0. The highest BCUT2D eigenvalue weighted by atomic mass is 35.5. The molecule has 1 aromatic rings. The SMILES string of the molecule is CCCCCCCCCC(=O)OCN1CCC(c2ccc(Cl)cc2)CC1. The van der Waals surface area contributed by atoms with Crippen molar-refractivity contribution in [3.63, 3.8) is 0 Å². The number of hydrogen-bond donors (Lipinski definition) is 0. The Morgan fingerprint density at radius 1 is 1.04 bits per heavy atom. The molecule has 0 aromatic heterocycles. The third-order valence-electron chi connectivity index (χ3n) is 5.32. The van der Waals surface area contributed by atoms with Gasteiger partial charge in [-0.3, -0.25) is 9.69 Å². The summed E-state index contributed by atoms with van der Waals surface area (Å²) in [6.07, 6.45) is 11.4. The first kappa shape index (κ1) is 21.2. The van der Waals surface area contributed by atoms with Gasteiger partial charge in [0.15, 0.2) is 0 Å². The topological polar surface area (TPSA) is 29.5 Å². The van der Waals surface area contributed by atoms with Crippen molar-refractivity contribution in [2.24, 2.45) is 0 Å². The Bertz CT molecular complexity index is 509. The van der Waals surface area contributed by atoms with Gasteiger partial charge in [0, 0.05) is 24.5 Å². The number of carbonyl (C=O) groups is 1. The molecule has 4 heteroatoms. The van der Waals surface area contributed by atoms with E-state index in [0.717, 1.165) is 43.8 Å². The average molecular weight is 380 g/mol. The number of halogens is 1. The number of nitrogens with zero attached hydrogens (tertiary/aromatic N) is 1. The van der Waals surface area contributed by atoms with Gasteiger partial charge < -0.3 is 4.74 Å². The summed E-state index contributed by atoms with van der Waals surface area (Å²) in [5.41, 5.74) is 1.37. The van der Waals surface area contributed by atoms with Crippen LogP contribution < -0.4 is 0 Å². The Morgan fingerprint density at radius 2 is 1.65 bits per heavy atom. The molecular formula is C22H34ClNO2. The summed E-state index contributed by atoms with van der Waals surface area (Å²) in [6.45, 7) is 4.65. The predicted octanol–water partition coefficient (Wildman–Crippen LogP) is 6.16. The molecule has 1 aliphatic rings. The van der Waals surface area contributed by atoms with Crippen molar-refractivity contribution in [3.05, 3.63) is 34.9 Å².